The molecule has 0 atom stereocenters. The highest BCUT2D eigenvalue weighted by Crippen LogP contribution is 2.22. The summed E-state index contributed by atoms with van der Waals surface area (Å²) in [4.78, 5) is 17.1. The molecule has 0 fully saturated rings. The first kappa shape index (κ1) is 18.0. The van der Waals surface area contributed by atoms with Gasteiger partial charge >= 0.3 is 0 Å². The highest BCUT2D eigenvalue weighted by Gasteiger charge is 2.22. The molecule has 0 radical (unpaired) electrons. The molecule has 0 aliphatic carbocycles. The third-order valence-corrected chi connectivity index (χ3v) is 4.60. The Balaban J connectivity index is 1.87. The van der Waals surface area contributed by atoms with E-state index in [4.69, 9.17) is 4.74 Å². The van der Waals surface area contributed by atoms with Crippen LogP contribution in [0.4, 0.5) is 0 Å². The third kappa shape index (κ3) is 3.87. The number of ether oxygens (including phenoxy) is 1. The fraction of sp³-hybridized carbons (Fsp3) is 0.333. The number of aryl methyl sites for hydroxylation is 1. The third-order valence-electron chi connectivity index (χ3n) is 4.60. The lowest BCUT2D eigenvalue weighted by molar-refractivity contribution is 0.0904. The van der Waals surface area contributed by atoms with E-state index in [0.29, 0.717) is 18.1 Å². The van der Waals surface area contributed by atoms with Gasteiger partial charge in [-0.1, -0.05) is 13.0 Å². The molecule has 1 N–H and O–H groups in total. The van der Waals surface area contributed by atoms with Crippen LogP contribution >= 0.6 is 0 Å². The summed E-state index contributed by atoms with van der Waals surface area (Å²) < 4.78 is 7.74. The molecule has 0 unspecified atom stereocenters. The van der Waals surface area contributed by atoms with Crippen molar-refractivity contribution in [1.82, 2.24) is 14.7 Å². The molecule has 3 heterocycles. The Morgan fingerprint density at radius 2 is 2.08 bits per heavy atom. The van der Waals surface area contributed by atoms with Gasteiger partial charge in [0, 0.05) is 17.3 Å². The van der Waals surface area contributed by atoms with E-state index in [1.54, 1.807) is 6.20 Å². The predicted octanol–water partition coefficient (Wildman–Crippen LogP) is 4.14. The van der Waals surface area contributed by atoms with Gasteiger partial charge in [0.25, 0.3) is 5.91 Å². The fourth-order valence-corrected chi connectivity index (χ4v) is 2.75. The van der Waals surface area contributed by atoms with Gasteiger partial charge in [-0.15, -0.1) is 0 Å². The average Bonchev–Trinajstić information content (AvgIpc) is 2.95. The number of aromatic nitrogens is 2. The number of carbonyl (C=O) groups excluding carboxylic acids is 1. The van der Waals surface area contributed by atoms with Crippen LogP contribution < -0.4 is 10.1 Å². The van der Waals surface area contributed by atoms with Crippen molar-refractivity contribution in [1.29, 1.82) is 0 Å². The van der Waals surface area contributed by atoms with Crippen molar-refractivity contribution in [2.75, 3.05) is 0 Å². The number of hydrogen-bond donors (Lipinski definition) is 1. The zero-order valence-corrected chi connectivity index (χ0v) is 15.7. The minimum atomic E-state index is -0.249. The topological polar surface area (TPSA) is 55.6 Å². The maximum atomic E-state index is 12.8. The number of nitrogens with one attached hydrogen (secondary N) is 1. The van der Waals surface area contributed by atoms with Gasteiger partial charge in [0.05, 0.1) is 11.9 Å². The van der Waals surface area contributed by atoms with Crippen LogP contribution in [-0.2, 0) is 6.61 Å². The summed E-state index contributed by atoms with van der Waals surface area (Å²) in [5, 5.41) is 3.11. The summed E-state index contributed by atoms with van der Waals surface area (Å²) >= 11 is 0. The standard InChI is InChI=1S/C21H25N3O2/c1-5-21(3,4)23-20(25)19-15(2)12-17-9-10-18(13-24(17)19)26-14-16-8-6-7-11-22-16/h6-13H,5,14H2,1-4H3,(H,23,25). The van der Waals surface area contributed by atoms with Crippen molar-refractivity contribution in [2.45, 2.75) is 46.3 Å². The zero-order chi connectivity index (χ0) is 18.7. The Bertz CT molecular complexity index is 914. The highest BCUT2D eigenvalue weighted by molar-refractivity contribution is 5.96. The number of fused-ring (bicyclic) bond motifs is 1. The maximum absolute atomic E-state index is 12.8. The molecule has 3 rings (SSSR count). The van der Waals surface area contributed by atoms with E-state index in [0.717, 1.165) is 23.2 Å². The Morgan fingerprint density at radius 1 is 1.27 bits per heavy atom. The molecule has 0 aliphatic rings. The largest absolute Gasteiger partial charge is 0.486 e. The van der Waals surface area contributed by atoms with Crippen molar-refractivity contribution < 1.29 is 9.53 Å². The van der Waals surface area contributed by atoms with Gasteiger partial charge in [0.2, 0.25) is 0 Å². The quantitative estimate of drug-likeness (QED) is 0.726. The number of hydrogen-bond acceptors (Lipinski definition) is 3. The van der Waals surface area contributed by atoms with E-state index in [1.807, 2.05) is 67.8 Å². The molecule has 1 amide bonds. The molecule has 0 saturated heterocycles. The molecule has 5 heteroatoms. The number of carbonyl (C=O) groups is 1. The molecule has 3 aromatic rings. The Labute approximate surface area is 154 Å². The average molecular weight is 351 g/mol. The molecule has 5 nitrogen and oxygen atoms in total. The first-order chi connectivity index (χ1) is 12.4. The second-order valence-electron chi connectivity index (χ2n) is 7.14. The van der Waals surface area contributed by atoms with E-state index in [-0.39, 0.29) is 11.4 Å². The number of amides is 1. The van der Waals surface area contributed by atoms with Gasteiger partial charge in [0.15, 0.2) is 0 Å². The molecule has 0 spiro atoms. The van der Waals surface area contributed by atoms with Gasteiger partial charge < -0.3 is 14.5 Å². The van der Waals surface area contributed by atoms with Crippen LogP contribution in [0.5, 0.6) is 5.75 Å². The normalized spacial score (nSPS) is 11.5. The Kier molecular flexibility index (Phi) is 4.98. The fourth-order valence-electron chi connectivity index (χ4n) is 2.75. The van der Waals surface area contributed by atoms with Gasteiger partial charge in [-0.2, -0.15) is 0 Å². The lowest BCUT2D eigenvalue weighted by atomic mass is 10.0. The summed E-state index contributed by atoms with van der Waals surface area (Å²) in [7, 11) is 0. The Hall–Kier alpha value is -2.82. The van der Waals surface area contributed by atoms with Crippen LogP contribution in [0.3, 0.4) is 0 Å². The lowest BCUT2D eigenvalue weighted by Crippen LogP contribution is -2.43. The van der Waals surface area contributed by atoms with Crippen molar-refractivity contribution >= 4 is 11.4 Å². The molecule has 0 saturated carbocycles. The van der Waals surface area contributed by atoms with Crippen LogP contribution in [0.2, 0.25) is 0 Å². The minimum Gasteiger partial charge on any atom is -0.486 e. The van der Waals surface area contributed by atoms with Crippen molar-refractivity contribution in [2.24, 2.45) is 0 Å². The smallest absolute Gasteiger partial charge is 0.268 e. The van der Waals surface area contributed by atoms with Gasteiger partial charge in [-0.3, -0.25) is 9.78 Å². The van der Waals surface area contributed by atoms with E-state index >= 15 is 0 Å². The molecule has 0 aliphatic heterocycles. The first-order valence-electron chi connectivity index (χ1n) is 8.86. The minimum absolute atomic E-state index is 0.0729. The van der Waals surface area contributed by atoms with Gasteiger partial charge in [-0.25, -0.2) is 0 Å². The molecule has 0 bridgehead atoms. The van der Waals surface area contributed by atoms with E-state index in [9.17, 15) is 4.79 Å². The van der Waals surface area contributed by atoms with Gasteiger partial charge in [-0.05, 0) is 63.1 Å². The molecule has 136 valence electrons. The van der Waals surface area contributed by atoms with Crippen LogP contribution in [0.25, 0.3) is 5.52 Å². The predicted molar refractivity (Wildman–Crippen MR) is 103 cm³/mol. The summed E-state index contributed by atoms with van der Waals surface area (Å²) in [6.45, 7) is 8.45. The van der Waals surface area contributed by atoms with E-state index in [1.165, 1.54) is 0 Å². The second-order valence-corrected chi connectivity index (χ2v) is 7.14. The highest BCUT2D eigenvalue weighted by atomic mass is 16.5. The number of rotatable bonds is 6. The number of pyridine rings is 2. The molecule has 0 aromatic carbocycles. The van der Waals surface area contributed by atoms with Crippen LogP contribution in [0.15, 0.2) is 48.8 Å². The summed E-state index contributed by atoms with van der Waals surface area (Å²) in [5.41, 5.74) is 3.16. The van der Waals surface area contributed by atoms with Gasteiger partial charge in [0.1, 0.15) is 18.1 Å². The molecule has 26 heavy (non-hydrogen) atoms. The van der Waals surface area contributed by atoms with Crippen LogP contribution in [-0.4, -0.2) is 20.8 Å². The van der Waals surface area contributed by atoms with Crippen molar-refractivity contribution in [3.63, 3.8) is 0 Å². The van der Waals surface area contributed by atoms with Crippen LogP contribution in [0.1, 0.15) is 48.9 Å². The van der Waals surface area contributed by atoms with E-state index < -0.39 is 0 Å². The van der Waals surface area contributed by atoms with E-state index in [2.05, 4.69) is 17.2 Å². The maximum Gasteiger partial charge on any atom is 0.268 e. The van der Waals surface area contributed by atoms with Crippen LogP contribution in [0, 0.1) is 6.92 Å². The summed E-state index contributed by atoms with van der Waals surface area (Å²) in [6.07, 6.45) is 4.47. The summed E-state index contributed by atoms with van der Waals surface area (Å²) in [6, 6.07) is 11.6. The number of nitrogens with zero attached hydrogens (tertiary/aromatic N) is 2. The molecular weight excluding hydrogens is 326 g/mol. The molecular formula is C21H25N3O2. The Morgan fingerprint density at radius 3 is 2.77 bits per heavy atom. The monoisotopic (exact) mass is 351 g/mol. The SMILES string of the molecule is CCC(C)(C)NC(=O)c1c(C)cc2ccc(OCc3ccccn3)cn12. The zero-order valence-electron chi connectivity index (χ0n) is 15.7. The lowest BCUT2D eigenvalue weighted by Gasteiger charge is -2.24. The first-order valence-corrected chi connectivity index (χ1v) is 8.86. The summed E-state index contributed by atoms with van der Waals surface area (Å²) in [5.74, 6) is 0.624. The van der Waals surface area contributed by atoms with Crippen molar-refractivity contribution in [3.05, 3.63) is 65.7 Å². The second kappa shape index (κ2) is 7.20. The molecule has 3 aromatic heterocycles. The van der Waals surface area contributed by atoms with Crippen molar-refractivity contribution in [3.8, 4) is 5.75 Å².